The predicted octanol–water partition coefficient (Wildman–Crippen LogP) is 11.2. The van der Waals surface area contributed by atoms with Crippen LogP contribution >= 0.6 is 0 Å². The molecule has 1 heterocycles. The van der Waals surface area contributed by atoms with Crippen LogP contribution in [-0.4, -0.2) is 17.5 Å². The molecule has 228 valence electrons. The van der Waals surface area contributed by atoms with Gasteiger partial charge in [0.15, 0.2) is 0 Å². The number of halogens is 2. The van der Waals surface area contributed by atoms with Gasteiger partial charge in [-0.05, 0) is 71.0 Å². The number of hydrogen-bond acceptors (Lipinski definition) is 3. The maximum atomic E-state index is 14.6. The third kappa shape index (κ3) is 6.72. The average molecular weight is 592 g/mol. The highest BCUT2D eigenvalue weighted by molar-refractivity contribution is 6.00. The first-order valence-corrected chi connectivity index (χ1v) is 16.4. The van der Waals surface area contributed by atoms with E-state index >= 15 is 0 Å². The summed E-state index contributed by atoms with van der Waals surface area (Å²) in [5, 5.41) is 4.93. The van der Waals surface area contributed by atoms with Crippen molar-refractivity contribution in [2.45, 2.75) is 83.5 Å². The van der Waals surface area contributed by atoms with Crippen molar-refractivity contribution in [1.29, 1.82) is 0 Å². The Morgan fingerprint density at radius 2 is 1.39 bits per heavy atom. The number of unbranched alkanes of at least 4 members (excludes halogenated alkanes) is 8. The zero-order valence-electron chi connectivity index (χ0n) is 25.8. The number of aromatic nitrogens is 1. The molecule has 3 N–H and O–H groups in total. The molecule has 0 fully saturated rings. The van der Waals surface area contributed by atoms with Crippen molar-refractivity contribution < 1.29 is 8.78 Å². The van der Waals surface area contributed by atoms with Crippen LogP contribution in [0.5, 0.6) is 0 Å². The fourth-order valence-corrected chi connectivity index (χ4v) is 6.66. The minimum atomic E-state index is -2.74. The second-order valence-corrected chi connectivity index (χ2v) is 12.5. The minimum Gasteiger partial charge on any atom is -0.398 e. The minimum absolute atomic E-state index is 0.0787. The lowest BCUT2D eigenvalue weighted by atomic mass is 9.93. The van der Waals surface area contributed by atoms with E-state index in [9.17, 15) is 8.78 Å². The molecule has 1 aliphatic carbocycles. The Balaban J connectivity index is 1.12. The summed E-state index contributed by atoms with van der Waals surface area (Å²) in [6, 6.07) is 26.9. The second kappa shape index (κ2) is 13.3. The summed E-state index contributed by atoms with van der Waals surface area (Å²) >= 11 is 0. The van der Waals surface area contributed by atoms with E-state index in [0.717, 1.165) is 58.6 Å². The zero-order valence-corrected chi connectivity index (χ0v) is 25.8. The van der Waals surface area contributed by atoms with E-state index in [0.29, 0.717) is 17.8 Å². The Morgan fingerprint density at radius 3 is 2.18 bits per heavy atom. The molecule has 1 aliphatic rings. The molecule has 0 radical (unpaired) electrons. The van der Waals surface area contributed by atoms with Crippen LogP contribution in [0, 0.1) is 0 Å². The Labute approximate surface area is 259 Å². The molecule has 1 aromatic heterocycles. The lowest BCUT2D eigenvalue weighted by Crippen LogP contribution is -2.27. The molecule has 5 aromatic rings. The van der Waals surface area contributed by atoms with Gasteiger partial charge in [-0.3, -0.25) is 0 Å². The van der Waals surface area contributed by atoms with Gasteiger partial charge in [0.1, 0.15) is 0 Å². The maximum absolute atomic E-state index is 14.6. The number of anilines is 2. The van der Waals surface area contributed by atoms with Crippen LogP contribution in [0.1, 0.15) is 82.3 Å². The van der Waals surface area contributed by atoms with Crippen LogP contribution < -0.4 is 11.1 Å². The molecule has 0 bridgehead atoms. The first kappa shape index (κ1) is 30.1. The summed E-state index contributed by atoms with van der Waals surface area (Å²) in [5.74, 6) is -2.74. The van der Waals surface area contributed by atoms with E-state index in [4.69, 9.17) is 10.7 Å². The van der Waals surface area contributed by atoms with Crippen LogP contribution in [-0.2, 0) is 6.42 Å². The lowest BCUT2D eigenvalue weighted by molar-refractivity contribution is 0.00399. The second-order valence-electron chi connectivity index (χ2n) is 12.5. The van der Waals surface area contributed by atoms with Crippen molar-refractivity contribution in [2.75, 3.05) is 17.6 Å². The van der Waals surface area contributed by atoms with E-state index in [-0.39, 0.29) is 13.0 Å². The molecule has 0 spiro atoms. The number of alkyl halides is 2. The van der Waals surface area contributed by atoms with E-state index < -0.39 is 5.92 Å². The molecule has 0 atom stereocenters. The van der Waals surface area contributed by atoms with Crippen molar-refractivity contribution in [2.24, 2.45) is 0 Å². The SMILES string of the molecule is CCCCCCCCCCCC(F)(F)CNc1ccc2cc3cc(-c4cccc5c4Cc4ccccc4-5)c(N)cc3nc2c1. The average Bonchev–Trinajstić information content (AvgIpc) is 3.41. The van der Waals surface area contributed by atoms with Crippen molar-refractivity contribution in [3.8, 4) is 22.3 Å². The highest BCUT2D eigenvalue weighted by Gasteiger charge is 2.28. The number of nitrogens with one attached hydrogen (secondary N) is 1. The van der Waals surface area contributed by atoms with E-state index in [1.54, 1.807) is 0 Å². The Kier molecular flexibility index (Phi) is 9.11. The van der Waals surface area contributed by atoms with Gasteiger partial charge in [0, 0.05) is 34.1 Å². The number of nitrogens with two attached hydrogens (primary N) is 1. The Hall–Kier alpha value is -3.99. The van der Waals surface area contributed by atoms with E-state index in [2.05, 4.69) is 66.8 Å². The number of nitrogens with zero attached hydrogens (tertiary/aromatic N) is 1. The predicted molar refractivity (Wildman–Crippen MR) is 183 cm³/mol. The largest absolute Gasteiger partial charge is 0.398 e. The lowest BCUT2D eigenvalue weighted by Gasteiger charge is -2.18. The van der Waals surface area contributed by atoms with Gasteiger partial charge < -0.3 is 11.1 Å². The fraction of sp³-hybridized carbons (Fsp3) is 0.359. The highest BCUT2D eigenvalue weighted by Crippen LogP contribution is 2.43. The van der Waals surface area contributed by atoms with Gasteiger partial charge >= 0.3 is 0 Å². The Bertz CT molecular complexity index is 1760. The molecule has 3 nitrogen and oxygen atoms in total. The summed E-state index contributed by atoms with van der Waals surface area (Å²) in [7, 11) is 0. The molecule has 0 saturated carbocycles. The van der Waals surface area contributed by atoms with Crippen molar-refractivity contribution in [1.82, 2.24) is 4.98 Å². The van der Waals surface area contributed by atoms with Gasteiger partial charge in [-0.1, -0.05) is 107 Å². The monoisotopic (exact) mass is 591 g/mol. The zero-order chi connectivity index (χ0) is 30.5. The first-order chi connectivity index (χ1) is 21.4. The summed E-state index contributed by atoms with van der Waals surface area (Å²) < 4.78 is 29.3. The van der Waals surface area contributed by atoms with Crippen LogP contribution in [0.4, 0.5) is 20.2 Å². The number of fused-ring (bicyclic) bond motifs is 5. The topological polar surface area (TPSA) is 50.9 Å². The van der Waals surface area contributed by atoms with Gasteiger partial charge in [-0.15, -0.1) is 0 Å². The maximum Gasteiger partial charge on any atom is 0.265 e. The molecular weight excluding hydrogens is 548 g/mol. The number of nitrogen functional groups attached to an aromatic ring is 1. The Morgan fingerprint density at radius 1 is 0.705 bits per heavy atom. The number of pyridine rings is 1. The fourth-order valence-electron chi connectivity index (χ4n) is 6.66. The van der Waals surface area contributed by atoms with Crippen molar-refractivity contribution in [3.05, 3.63) is 90.0 Å². The van der Waals surface area contributed by atoms with Crippen LogP contribution in [0.3, 0.4) is 0 Å². The molecule has 6 rings (SSSR count). The van der Waals surface area contributed by atoms with Gasteiger partial charge in [-0.2, -0.15) is 0 Å². The normalized spacial score (nSPS) is 12.5. The summed E-state index contributed by atoms with van der Waals surface area (Å²) in [6.07, 6.45) is 10.8. The third-order valence-electron chi connectivity index (χ3n) is 9.12. The van der Waals surface area contributed by atoms with Gasteiger partial charge in [0.05, 0.1) is 17.6 Å². The van der Waals surface area contributed by atoms with Crippen molar-refractivity contribution in [3.63, 3.8) is 0 Å². The number of rotatable bonds is 14. The number of benzene rings is 4. The molecule has 44 heavy (non-hydrogen) atoms. The van der Waals surface area contributed by atoms with Crippen LogP contribution in [0.15, 0.2) is 78.9 Å². The van der Waals surface area contributed by atoms with E-state index in [1.807, 2.05) is 24.3 Å². The summed E-state index contributed by atoms with van der Waals surface area (Å²) in [6.45, 7) is 1.85. The van der Waals surface area contributed by atoms with Gasteiger partial charge in [0.2, 0.25) is 0 Å². The molecule has 5 heteroatoms. The summed E-state index contributed by atoms with van der Waals surface area (Å²) in [4.78, 5) is 4.88. The summed E-state index contributed by atoms with van der Waals surface area (Å²) in [5.41, 5.74) is 16.9. The van der Waals surface area contributed by atoms with Crippen LogP contribution in [0.25, 0.3) is 44.1 Å². The van der Waals surface area contributed by atoms with Gasteiger partial charge in [-0.25, -0.2) is 13.8 Å². The van der Waals surface area contributed by atoms with Gasteiger partial charge in [0.25, 0.3) is 5.92 Å². The standard InChI is InChI=1S/C39H43F2N3/c1-2-3-4-5-6-7-8-9-12-20-39(40,41)26-43-30-19-18-28-21-29-23-35(36(42)25-38(29)44-37(28)24-30)33-17-13-16-32-31-15-11-10-14-27(31)22-34(32)33/h10-11,13-19,21,23-25,43H,2-9,12,20,22,26,42H2,1H3. The molecular formula is C39H43F2N3. The van der Waals surface area contributed by atoms with E-state index in [1.165, 1.54) is 54.4 Å². The first-order valence-electron chi connectivity index (χ1n) is 16.4. The smallest absolute Gasteiger partial charge is 0.265 e. The van der Waals surface area contributed by atoms with Crippen molar-refractivity contribution >= 4 is 33.2 Å². The molecule has 4 aromatic carbocycles. The molecule has 0 saturated heterocycles. The molecule has 0 amide bonds. The van der Waals surface area contributed by atoms with Crippen LogP contribution in [0.2, 0.25) is 0 Å². The number of hydrogen-bond donors (Lipinski definition) is 2. The quantitative estimate of drug-likeness (QED) is 0.0752. The molecule has 0 unspecified atom stereocenters. The third-order valence-corrected chi connectivity index (χ3v) is 9.12. The highest BCUT2D eigenvalue weighted by atomic mass is 19.3. The molecule has 0 aliphatic heterocycles.